The summed E-state index contributed by atoms with van der Waals surface area (Å²) in [4.78, 5) is 27.9. The number of carbonyl (C=O) groups excluding carboxylic acids is 2. The average molecular weight is 303 g/mol. The van der Waals surface area contributed by atoms with Gasteiger partial charge in [0.1, 0.15) is 5.69 Å². The highest BCUT2D eigenvalue weighted by Crippen LogP contribution is 2.16. The Hall–Kier alpha value is -2.21. The van der Waals surface area contributed by atoms with Crippen LogP contribution >= 0.6 is 11.3 Å². The lowest BCUT2D eigenvalue weighted by Crippen LogP contribution is -2.27. The highest BCUT2D eigenvalue weighted by atomic mass is 32.1. The fourth-order valence-corrected chi connectivity index (χ4v) is 2.27. The summed E-state index contributed by atoms with van der Waals surface area (Å²) in [5.74, 6) is -0.0795. The van der Waals surface area contributed by atoms with Crippen molar-refractivity contribution in [3.63, 3.8) is 0 Å². The molecule has 0 bridgehead atoms. The third-order valence-corrected chi connectivity index (χ3v) is 3.42. The fourth-order valence-electron chi connectivity index (χ4n) is 1.58. The second-order valence-electron chi connectivity index (χ2n) is 4.96. The highest BCUT2D eigenvalue weighted by Gasteiger charge is 2.13. The van der Waals surface area contributed by atoms with Crippen molar-refractivity contribution in [1.29, 1.82) is 0 Å². The van der Waals surface area contributed by atoms with Crippen molar-refractivity contribution >= 4 is 28.3 Å². The maximum atomic E-state index is 12.0. The van der Waals surface area contributed by atoms with E-state index in [0.29, 0.717) is 28.9 Å². The number of anilines is 1. The van der Waals surface area contributed by atoms with Crippen molar-refractivity contribution in [2.24, 2.45) is 5.92 Å². The summed E-state index contributed by atoms with van der Waals surface area (Å²) in [6, 6.07) is 8.87. The molecule has 1 heterocycles. The number of rotatable bonds is 5. The molecule has 6 heteroatoms. The first-order valence-corrected chi connectivity index (χ1v) is 7.54. The molecule has 0 aliphatic heterocycles. The normalized spacial score (nSPS) is 10.4. The molecule has 0 fully saturated rings. The van der Waals surface area contributed by atoms with Gasteiger partial charge in [-0.1, -0.05) is 32.0 Å². The van der Waals surface area contributed by atoms with E-state index in [9.17, 15) is 9.59 Å². The van der Waals surface area contributed by atoms with Crippen LogP contribution in [0.5, 0.6) is 0 Å². The van der Waals surface area contributed by atoms with Crippen molar-refractivity contribution in [1.82, 2.24) is 10.3 Å². The maximum Gasteiger partial charge on any atom is 0.270 e. The number of nitrogens with one attached hydrogen (secondary N) is 2. The SMILES string of the molecule is CC(C)CNC(=O)c1csc(NC(=O)c2ccccc2)n1. The number of thiazole rings is 1. The Bertz CT molecular complexity index is 623. The summed E-state index contributed by atoms with van der Waals surface area (Å²) in [6.45, 7) is 4.64. The Morgan fingerprint density at radius 1 is 1.19 bits per heavy atom. The van der Waals surface area contributed by atoms with E-state index in [0.717, 1.165) is 0 Å². The van der Waals surface area contributed by atoms with Crippen molar-refractivity contribution in [3.8, 4) is 0 Å². The third kappa shape index (κ3) is 4.39. The Labute approximate surface area is 127 Å². The van der Waals surface area contributed by atoms with Gasteiger partial charge in [0.05, 0.1) is 0 Å². The lowest BCUT2D eigenvalue weighted by atomic mass is 10.2. The van der Waals surface area contributed by atoms with Gasteiger partial charge in [-0.2, -0.15) is 0 Å². The largest absolute Gasteiger partial charge is 0.350 e. The molecule has 0 atom stereocenters. The molecule has 0 aliphatic carbocycles. The molecule has 0 radical (unpaired) electrons. The summed E-state index contributed by atoms with van der Waals surface area (Å²) in [5, 5.41) is 7.53. The van der Waals surface area contributed by atoms with E-state index >= 15 is 0 Å². The van der Waals surface area contributed by atoms with Crippen LogP contribution in [-0.4, -0.2) is 23.3 Å². The summed E-state index contributed by atoms with van der Waals surface area (Å²) >= 11 is 1.23. The Kier molecular flexibility index (Phi) is 5.05. The quantitative estimate of drug-likeness (QED) is 0.892. The van der Waals surface area contributed by atoms with E-state index in [1.54, 1.807) is 29.6 Å². The molecule has 2 N–H and O–H groups in total. The molecule has 0 aliphatic rings. The van der Waals surface area contributed by atoms with Crippen LogP contribution in [0.1, 0.15) is 34.7 Å². The second kappa shape index (κ2) is 6.99. The van der Waals surface area contributed by atoms with E-state index in [-0.39, 0.29) is 11.8 Å². The molecule has 0 saturated heterocycles. The minimum atomic E-state index is -0.237. The van der Waals surface area contributed by atoms with Gasteiger partial charge in [0.2, 0.25) is 0 Å². The first kappa shape index (κ1) is 15.2. The average Bonchev–Trinajstić information content (AvgIpc) is 2.94. The molecule has 2 amide bonds. The Balaban J connectivity index is 1.97. The van der Waals surface area contributed by atoms with E-state index in [1.807, 2.05) is 19.9 Å². The third-order valence-electron chi connectivity index (χ3n) is 2.66. The van der Waals surface area contributed by atoms with Crippen molar-refractivity contribution < 1.29 is 9.59 Å². The summed E-state index contributed by atoms with van der Waals surface area (Å²) < 4.78 is 0. The van der Waals surface area contributed by atoms with Gasteiger partial charge in [-0.25, -0.2) is 4.98 Å². The first-order chi connectivity index (χ1) is 10.1. The van der Waals surface area contributed by atoms with Gasteiger partial charge >= 0.3 is 0 Å². The van der Waals surface area contributed by atoms with Crippen LogP contribution in [0, 0.1) is 5.92 Å². The molecule has 0 spiro atoms. The topological polar surface area (TPSA) is 71.1 Å². The first-order valence-electron chi connectivity index (χ1n) is 6.66. The fraction of sp³-hybridized carbons (Fsp3) is 0.267. The highest BCUT2D eigenvalue weighted by molar-refractivity contribution is 7.14. The minimum absolute atomic E-state index is 0.222. The van der Waals surface area contributed by atoms with E-state index in [2.05, 4.69) is 15.6 Å². The molecule has 110 valence electrons. The zero-order chi connectivity index (χ0) is 15.2. The number of hydrogen-bond donors (Lipinski definition) is 2. The summed E-state index contributed by atoms with van der Waals surface area (Å²) in [7, 11) is 0. The number of hydrogen-bond acceptors (Lipinski definition) is 4. The smallest absolute Gasteiger partial charge is 0.270 e. The predicted molar refractivity (Wildman–Crippen MR) is 83.7 cm³/mol. The van der Waals surface area contributed by atoms with Crippen LogP contribution in [0.25, 0.3) is 0 Å². The molecule has 5 nitrogen and oxygen atoms in total. The van der Waals surface area contributed by atoms with E-state index in [4.69, 9.17) is 0 Å². The monoisotopic (exact) mass is 303 g/mol. The zero-order valence-electron chi connectivity index (χ0n) is 11.9. The molecule has 0 unspecified atom stereocenters. The van der Waals surface area contributed by atoms with Gasteiger partial charge in [0, 0.05) is 17.5 Å². The van der Waals surface area contributed by atoms with Gasteiger partial charge in [-0.05, 0) is 18.1 Å². The molecule has 1 aromatic heterocycles. The molecule has 0 saturated carbocycles. The summed E-state index contributed by atoms with van der Waals surface area (Å²) in [6.07, 6.45) is 0. The maximum absolute atomic E-state index is 12.0. The number of nitrogens with zero attached hydrogens (tertiary/aromatic N) is 1. The molecule has 2 rings (SSSR count). The number of amides is 2. The van der Waals surface area contributed by atoms with Crippen LogP contribution in [0.2, 0.25) is 0 Å². The Morgan fingerprint density at radius 3 is 2.57 bits per heavy atom. The van der Waals surface area contributed by atoms with Crippen molar-refractivity contribution in [2.75, 3.05) is 11.9 Å². The molecule has 1 aromatic carbocycles. The van der Waals surface area contributed by atoms with Gasteiger partial charge in [-0.15, -0.1) is 11.3 Å². The minimum Gasteiger partial charge on any atom is -0.350 e. The second-order valence-corrected chi connectivity index (χ2v) is 5.82. The number of benzene rings is 1. The Morgan fingerprint density at radius 2 is 1.90 bits per heavy atom. The van der Waals surface area contributed by atoms with Crippen LogP contribution in [0.3, 0.4) is 0 Å². The van der Waals surface area contributed by atoms with E-state index < -0.39 is 0 Å². The molecule has 2 aromatic rings. The standard InChI is InChI=1S/C15H17N3O2S/c1-10(2)8-16-14(20)12-9-21-15(17-12)18-13(19)11-6-4-3-5-7-11/h3-7,9-10H,8H2,1-2H3,(H,16,20)(H,17,18,19). The van der Waals surface area contributed by atoms with Crippen molar-refractivity contribution in [3.05, 3.63) is 47.0 Å². The zero-order valence-corrected chi connectivity index (χ0v) is 12.7. The summed E-state index contributed by atoms with van der Waals surface area (Å²) in [5.41, 5.74) is 0.877. The lowest BCUT2D eigenvalue weighted by molar-refractivity contribution is 0.0943. The van der Waals surface area contributed by atoms with Crippen LogP contribution in [0.4, 0.5) is 5.13 Å². The van der Waals surface area contributed by atoms with Crippen LogP contribution in [-0.2, 0) is 0 Å². The number of aromatic nitrogens is 1. The van der Waals surface area contributed by atoms with Gasteiger partial charge in [-0.3, -0.25) is 14.9 Å². The predicted octanol–water partition coefficient (Wildman–Crippen LogP) is 2.78. The lowest BCUT2D eigenvalue weighted by Gasteiger charge is -2.05. The van der Waals surface area contributed by atoms with Crippen molar-refractivity contribution in [2.45, 2.75) is 13.8 Å². The van der Waals surface area contributed by atoms with Gasteiger partial charge in [0.15, 0.2) is 5.13 Å². The van der Waals surface area contributed by atoms with Crippen LogP contribution in [0.15, 0.2) is 35.7 Å². The van der Waals surface area contributed by atoms with E-state index in [1.165, 1.54) is 11.3 Å². The number of carbonyl (C=O) groups is 2. The van der Waals surface area contributed by atoms with Gasteiger partial charge < -0.3 is 5.32 Å². The molecular formula is C15H17N3O2S. The molecule has 21 heavy (non-hydrogen) atoms. The van der Waals surface area contributed by atoms with Gasteiger partial charge in [0.25, 0.3) is 11.8 Å². The molecular weight excluding hydrogens is 286 g/mol. The van der Waals surface area contributed by atoms with Crippen LogP contribution < -0.4 is 10.6 Å².